The van der Waals surface area contributed by atoms with Gasteiger partial charge in [0.2, 0.25) is 17.7 Å². The van der Waals surface area contributed by atoms with Crippen LogP contribution >= 0.6 is 0 Å². The van der Waals surface area contributed by atoms with Crippen LogP contribution in [0.4, 0.5) is 10.1 Å². The maximum absolute atomic E-state index is 14.0. The molecule has 1 spiro atoms. The number of ether oxygens (including phenoxy) is 2. The highest BCUT2D eigenvalue weighted by molar-refractivity contribution is 6.12. The van der Waals surface area contributed by atoms with E-state index in [1.807, 2.05) is 6.07 Å². The van der Waals surface area contributed by atoms with Gasteiger partial charge in [-0.2, -0.15) is 5.26 Å². The fourth-order valence-corrected chi connectivity index (χ4v) is 3.54. The van der Waals surface area contributed by atoms with Gasteiger partial charge in [-0.05, 0) is 18.2 Å². The number of nitrogens with two attached hydrogens (primary N) is 1. The van der Waals surface area contributed by atoms with Crippen molar-refractivity contribution in [2.45, 2.75) is 11.8 Å². The van der Waals surface area contributed by atoms with E-state index in [2.05, 4.69) is 20.3 Å². The zero-order valence-corrected chi connectivity index (χ0v) is 13.9. The zero-order valence-electron chi connectivity index (χ0n) is 13.9. The number of hydrogen-bond acceptors (Lipinski definition) is 7. The predicted octanol–water partition coefficient (Wildman–Crippen LogP) is 0.589. The molecule has 2 aliphatic heterocycles. The molecule has 3 heterocycles. The third kappa shape index (κ3) is 2.05. The van der Waals surface area contributed by atoms with Crippen molar-refractivity contribution in [3.8, 4) is 11.9 Å². The molecule has 1 amide bonds. The summed E-state index contributed by atoms with van der Waals surface area (Å²) in [5, 5.41) is 18.9. The molecular weight excluding hydrogens is 357 g/mol. The van der Waals surface area contributed by atoms with Crippen molar-refractivity contribution in [3.05, 3.63) is 52.3 Å². The summed E-state index contributed by atoms with van der Waals surface area (Å²) in [6.45, 7) is 0. The summed E-state index contributed by atoms with van der Waals surface area (Å²) in [6.07, 6.45) is -0.263. The van der Waals surface area contributed by atoms with E-state index in [0.29, 0.717) is 5.69 Å². The molecule has 1 aromatic carbocycles. The van der Waals surface area contributed by atoms with Crippen molar-refractivity contribution < 1.29 is 23.5 Å². The van der Waals surface area contributed by atoms with Crippen LogP contribution in [-0.2, 0) is 26.2 Å². The molecule has 1 aromatic heterocycles. The van der Waals surface area contributed by atoms with E-state index in [0.717, 1.165) is 6.07 Å². The second kappa shape index (κ2) is 5.57. The van der Waals surface area contributed by atoms with E-state index in [1.54, 1.807) is 0 Å². The number of benzene rings is 1. The van der Waals surface area contributed by atoms with E-state index >= 15 is 0 Å². The Hall–Kier alpha value is -3.87. The topological polar surface area (TPSA) is 143 Å². The largest absolute Gasteiger partial charge is 0.469 e. The Labute approximate surface area is 151 Å². The summed E-state index contributed by atoms with van der Waals surface area (Å²) >= 11 is 0. The van der Waals surface area contributed by atoms with Crippen LogP contribution in [0, 0.1) is 17.1 Å². The molecular formula is C17H12FN5O4. The highest BCUT2D eigenvalue weighted by Gasteiger charge is 2.58. The first-order chi connectivity index (χ1) is 12.9. The Morgan fingerprint density at radius 1 is 1.52 bits per heavy atom. The molecule has 4 rings (SSSR count). The van der Waals surface area contributed by atoms with Crippen LogP contribution in [0.5, 0.6) is 5.88 Å². The lowest BCUT2D eigenvalue weighted by Crippen LogP contribution is -2.43. The van der Waals surface area contributed by atoms with Crippen molar-refractivity contribution in [3.63, 3.8) is 0 Å². The van der Waals surface area contributed by atoms with Gasteiger partial charge in [-0.1, -0.05) is 0 Å². The van der Waals surface area contributed by atoms with Gasteiger partial charge in [0.25, 0.3) is 0 Å². The van der Waals surface area contributed by atoms with Crippen LogP contribution in [-0.4, -0.2) is 29.2 Å². The Balaban J connectivity index is 2.08. The number of aromatic amines is 1. The third-order valence-corrected chi connectivity index (χ3v) is 4.65. The number of methoxy groups -OCH3 is 1. The van der Waals surface area contributed by atoms with Gasteiger partial charge < -0.3 is 20.5 Å². The van der Waals surface area contributed by atoms with Gasteiger partial charge in [-0.3, -0.25) is 14.7 Å². The van der Waals surface area contributed by atoms with Crippen LogP contribution in [0.3, 0.4) is 0 Å². The first-order valence-electron chi connectivity index (χ1n) is 7.77. The molecule has 4 N–H and O–H groups in total. The number of fused-ring (bicyclic) bond motifs is 4. The van der Waals surface area contributed by atoms with Crippen LogP contribution in [0.1, 0.15) is 16.8 Å². The second-order valence-corrected chi connectivity index (χ2v) is 5.98. The van der Waals surface area contributed by atoms with Crippen LogP contribution < -0.4 is 15.8 Å². The number of carbonyl (C=O) groups is 2. The second-order valence-electron chi connectivity index (χ2n) is 5.98. The average Bonchev–Trinajstić information content (AvgIpc) is 3.15. The van der Waals surface area contributed by atoms with Crippen molar-refractivity contribution >= 4 is 17.6 Å². The van der Waals surface area contributed by atoms with E-state index < -0.39 is 23.1 Å². The first-order valence-corrected chi connectivity index (χ1v) is 7.77. The Morgan fingerprint density at radius 3 is 3.00 bits per heavy atom. The number of nitrogens with zero attached hydrogens (tertiary/aromatic N) is 2. The lowest BCUT2D eigenvalue weighted by molar-refractivity contribution is -0.139. The number of esters is 1. The van der Waals surface area contributed by atoms with Gasteiger partial charge in [0.15, 0.2) is 0 Å². The fraction of sp³-hybridized carbons (Fsp3) is 0.176. The number of carbonyl (C=O) groups excluding carboxylic acids is 2. The standard InChI is InChI=1S/C17H12FN5O4/c1-26-12(24)5-11-13-15(23-22-11)27-14(20)9(6-19)17(13)8-4-7(18)2-3-10(8)21-16(17)25/h2-4H,5,20H2,1H3,(H,21,25)(H,22,23)/t17-/m0/s1. The molecule has 10 heteroatoms. The summed E-state index contributed by atoms with van der Waals surface area (Å²) in [6, 6.07) is 5.60. The molecule has 2 aromatic rings. The summed E-state index contributed by atoms with van der Waals surface area (Å²) in [7, 11) is 1.21. The maximum atomic E-state index is 14.0. The number of rotatable bonds is 2. The molecule has 2 aliphatic rings. The smallest absolute Gasteiger partial charge is 0.311 e. The number of hydrogen-bond donors (Lipinski definition) is 3. The van der Waals surface area contributed by atoms with Crippen molar-refractivity contribution in [2.24, 2.45) is 5.73 Å². The number of nitriles is 1. The van der Waals surface area contributed by atoms with Gasteiger partial charge in [0.05, 0.1) is 24.8 Å². The summed E-state index contributed by atoms with van der Waals surface area (Å²) in [5.74, 6) is -2.23. The average molecular weight is 369 g/mol. The van der Waals surface area contributed by atoms with E-state index in [4.69, 9.17) is 10.5 Å². The van der Waals surface area contributed by atoms with Crippen LogP contribution in [0.25, 0.3) is 0 Å². The van der Waals surface area contributed by atoms with Crippen molar-refractivity contribution in [1.82, 2.24) is 10.2 Å². The number of amides is 1. The molecule has 9 nitrogen and oxygen atoms in total. The minimum Gasteiger partial charge on any atom is -0.469 e. The monoisotopic (exact) mass is 369 g/mol. The molecule has 0 unspecified atom stereocenters. The molecule has 0 fully saturated rings. The van der Waals surface area contributed by atoms with Crippen LogP contribution in [0.2, 0.25) is 0 Å². The van der Waals surface area contributed by atoms with E-state index in [9.17, 15) is 19.2 Å². The van der Waals surface area contributed by atoms with Gasteiger partial charge in [0.1, 0.15) is 22.9 Å². The fourth-order valence-electron chi connectivity index (χ4n) is 3.54. The molecule has 0 saturated carbocycles. The molecule has 0 bridgehead atoms. The van der Waals surface area contributed by atoms with Crippen molar-refractivity contribution in [2.75, 3.05) is 12.4 Å². The normalized spacial score (nSPS) is 19.8. The quantitative estimate of drug-likeness (QED) is 0.657. The Morgan fingerprint density at radius 2 is 2.30 bits per heavy atom. The highest BCUT2D eigenvalue weighted by Crippen LogP contribution is 2.53. The molecule has 0 saturated heterocycles. The van der Waals surface area contributed by atoms with Crippen LogP contribution in [0.15, 0.2) is 29.7 Å². The summed E-state index contributed by atoms with van der Waals surface area (Å²) in [4.78, 5) is 24.9. The molecule has 136 valence electrons. The molecule has 0 aliphatic carbocycles. The molecule has 27 heavy (non-hydrogen) atoms. The molecule has 0 radical (unpaired) electrons. The summed E-state index contributed by atoms with van der Waals surface area (Å²) < 4.78 is 24.1. The zero-order chi connectivity index (χ0) is 19.3. The van der Waals surface area contributed by atoms with Gasteiger partial charge in [-0.25, -0.2) is 4.39 Å². The Kier molecular flexibility index (Phi) is 3.42. The Bertz CT molecular complexity index is 1080. The van der Waals surface area contributed by atoms with Crippen molar-refractivity contribution in [1.29, 1.82) is 5.26 Å². The number of H-pyrrole nitrogens is 1. The number of halogens is 1. The van der Waals surface area contributed by atoms with Gasteiger partial charge in [0, 0.05) is 11.3 Å². The number of aromatic nitrogens is 2. The minimum absolute atomic E-state index is 0.0716. The predicted molar refractivity (Wildman–Crippen MR) is 87.6 cm³/mol. The lowest BCUT2D eigenvalue weighted by Gasteiger charge is -2.31. The van der Waals surface area contributed by atoms with Gasteiger partial charge in [-0.15, -0.1) is 5.10 Å². The third-order valence-electron chi connectivity index (χ3n) is 4.65. The summed E-state index contributed by atoms with van der Waals surface area (Å²) in [5.41, 5.74) is 4.69. The van der Waals surface area contributed by atoms with Gasteiger partial charge >= 0.3 is 5.97 Å². The first kappa shape index (κ1) is 16.6. The maximum Gasteiger partial charge on any atom is 0.311 e. The lowest BCUT2D eigenvalue weighted by atomic mass is 9.69. The highest BCUT2D eigenvalue weighted by atomic mass is 19.1. The van der Waals surface area contributed by atoms with E-state index in [1.165, 1.54) is 19.2 Å². The van der Waals surface area contributed by atoms with E-state index in [-0.39, 0.29) is 40.6 Å². The number of nitrogens with one attached hydrogen (secondary N) is 2. The SMILES string of the molecule is COC(=O)Cc1[nH]nc2c1[C@@]1(C(=O)Nc3ccc(F)cc31)C(C#N)=C(N)O2. The minimum atomic E-state index is -1.79. The number of anilines is 1. The molecule has 1 atom stereocenters.